The Kier molecular flexibility index (Phi) is 2.68. The summed E-state index contributed by atoms with van der Waals surface area (Å²) < 4.78 is 0. The number of hydrogen-bond donors (Lipinski definition) is 3. The third-order valence-electron chi connectivity index (χ3n) is 2.78. The van der Waals surface area contributed by atoms with Gasteiger partial charge in [-0.25, -0.2) is 0 Å². The Morgan fingerprint density at radius 3 is 2.06 bits per heavy atom. The summed E-state index contributed by atoms with van der Waals surface area (Å²) in [5.41, 5.74) is 3.42. The first-order valence-electron chi connectivity index (χ1n) is 5.31. The molecule has 0 aliphatic carbocycles. The molecule has 0 saturated carbocycles. The van der Waals surface area contributed by atoms with Gasteiger partial charge < -0.3 is 15.3 Å². The van der Waals surface area contributed by atoms with Crippen molar-refractivity contribution in [1.29, 1.82) is 0 Å². The second kappa shape index (κ2) is 4.01. The molecule has 88 valence electrons. The molecule has 17 heavy (non-hydrogen) atoms. The number of benzene rings is 2. The van der Waals surface area contributed by atoms with Crippen LogP contribution in [0.25, 0.3) is 11.1 Å². The monoisotopic (exact) mass is 230 g/mol. The number of hydrogen-bond acceptors (Lipinski definition) is 3. The van der Waals surface area contributed by atoms with Gasteiger partial charge in [-0.2, -0.15) is 0 Å². The summed E-state index contributed by atoms with van der Waals surface area (Å²) in [6.45, 7) is 3.89. The predicted molar refractivity (Wildman–Crippen MR) is 66.3 cm³/mol. The number of phenols is 3. The Bertz CT molecular complexity index is 574. The summed E-state index contributed by atoms with van der Waals surface area (Å²) in [6.07, 6.45) is 0. The van der Waals surface area contributed by atoms with E-state index in [4.69, 9.17) is 0 Å². The summed E-state index contributed by atoms with van der Waals surface area (Å²) in [4.78, 5) is 0. The average Bonchev–Trinajstić information content (AvgIpc) is 2.27. The van der Waals surface area contributed by atoms with Gasteiger partial charge in [0, 0.05) is 11.6 Å². The molecule has 0 aliphatic rings. The maximum absolute atomic E-state index is 9.81. The number of aryl methyl sites for hydroxylation is 2. The maximum Gasteiger partial charge on any atom is 0.161 e. The van der Waals surface area contributed by atoms with E-state index < -0.39 is 0 Å². The molecule has 0 heterocycles. The van der Waals surface area contributed by atoms with Crippen LogP contribution in [-0.4, -0.2) is 15.3 Å². The first-order chi connectivity index (χ1) is 7.99. The molecule has 2 aromatic carbocycles. The van der Waals surface area contributed by atoms with Crippen molar-refractivity contribution in [2.45, 2.75) is 13.8 Å². The highest BCUT2D eigenvalue weighted by molar-refractivity contribution is 5.76. The molecular weight excluding hydrogens is 216 g/mol. The standard InChI is InChI=1S/C14H14O3/c1-8-3-4-9(2)10(5-8)11-6-13(16)14(17)7-12(11)15/h3-7,15-17H,1-2H3. The molecule has 3 N–H and O–H groups in total. The Labute approximate surface area is 99.6 Å². The number of rotatable bonds is 1. The zero-order chi connectivity index (χ0) is 12.6. The van der Waals surface area contributed by atoms with Gasteiger partial charge in [0.2, 0.25) is 0 Å². The van der Waals surface area contributed by atoms with Crippen LogP contribution >= 0.6 is 0 Å². The van der Waals surface area contributed by atoms with Crippen LogP contribution < -0.4 is 0 Å². The molecule has 0 atom stereocenters. The molecular formula is C14H14O3. The van der Waals surface area contributed by atoms with E-state index >= 15 is 0 Å². The third kappa shape index (κ3) is 2.04. The molecule has 0 radical (unpaired) electrons. The van der Waals surface area contributed by atoms with Gasteiger partial charge in [-0.05, 0) is 31.0 Å². The molecule has 0 fully saturated rings. The lowest BCUT2D eigenvalue weighted by atomic mass is 9.97. The minimum Gasteiger partial charge on any atom is -0.507 e. The lowest BCUT2D eigenvalue weighted by Crippen LogP contribution is -1.86. The van der Waals surface area contributed by atoms with Gasteiger partial charge >= 0.3 is 0 Å². The van der Waals surface area contributed by atoms with E-state index in [1.165, 1.54) is 6.07 Å². The van der Waals surface area contributed by atoms with Crippen molar-refractivity contribution < 1.29 is 15.3 Å². The Morgan fingerprint density at radius 2 is 1.35 bits per heavy atom. The highest BCUT2D eigenvalue weighted by atomic mass is 16.3. The average molecular weight is 230 g/mol. The molecule has 0 unspecified atom stereocenters. The van der Waals surface area contributed by atoms with E-state index in [-0.39, 0.29) is 17.2 Å². The van der Waals surface area contributed by atoms with Crippen molar-refractivity contribution in [2.24, 2.45) is 0 Å². The van der Waals surface area contributed by atoms with Crippen LogP contribution in [0.1, 0.15) is 11.1 Å². The van der Waals surface area contributed by atoms with Crippen LogP contribution in [0, 0.1) is 13.8 Å². The fourth-order valence-electron chi connectivity index (χ4n) is 1.81. The van der Waals surface area contributed by atoms with Gasteiger partial charge in [-0.1, -0.05) is 23.8 Å². The quantitative estimate of drug-likeness (QED) is 0.521. The summed E-state index contributed by atoms with van der Waals surface area (Å²) in [7, 11) is 0. The summed E-state index contributed by atoms with van der Waals surface area (Å²) in [6, 6.07) is 8.38. The second-order valence-corrected chi connectivity index (χ2v) is 4.18. The van der Waals surface area contributed by atoms with Gasteiger partial charge in [-0.15, -0.1) is 0 Å². The molecule has 0 bridgehead atoms. The topological polar surface area (TPSA) is 60.7 Å². The van der Waals surface area contributed by atoms with Crippen molar-refractivity contribution in [3.8, 4) is 28.4 Å². The van der Waals surface area contributed by atoms with Gasteiger partial charge in [-0.3, -0.25) is 0 Å². The van der Waals surface area contributed by atoms with Crippen LogP contribution in [-0.2, 0) is 0 Å². The maximum atomic E-state index is 9.81. The lowest BCUT2D eigenvalue weighted by molar-refractivity contribution is 0.397. The molecule has 2 rings (SSSR count). The third-order valence-corrected chi connectivity index (χ3v) is 2.78. The summed E-state index contributed by atoms with van der Waals surface area (Å²) in [5, 5.41) is 28.6. The van der Waals surface area contributed by atoms with Crippen LogP contribution in [0.5, 0.6) is 17.2 Å². The van der Waals surface area contributed by atoms with E-state index in [9.17, 15) is 15.3 Å². The zero-order valence-electron chi connectivity index (χ0n) is 9.73. The number of aromatic hydroxyl groups is 3. The fraction of sp³-hybridized carbons (Fsp3) is 0.143. The largest absolute Gasteiger partial charge is 0.507 e. The molecule has 0 spiro atoms. The van der Waals surface area contributed by atoms with E-state index in [0.717, 1.165) is 22.8 Å². The SMILES string of the molecule is Cc1ccc(C)c(-c2cc(O)c(O)cc2O)c1. The Morgan fingerprint density at radius 1 is 0.706 bits per heavy atom. The van der Waals surface area contributed by atoms with Crippen LogP contribution in [0.3, 0.4) is 0 Å². The van der Waals surface area contributed by atoms with Crippen LogP contribution in [0.4, 0.5) is 0 Å². The van der Waals surface area contributed by atoms with Crippen LogP contribution in [0.2, 0.25) is 0 Å². The zero-order valence-corrected chi connectivity index (χ0v) is 9.73. The fourth-order valence-corrected chi connectivity index (χ4v) is 1.81. The molecule has 0 aromatic heterocycles. The summed E-state index contributed by atoms with van der Waals surface area (Å²) in [5.74, 6) is -0.607. The minimum absolute atomic E-state index is 0.0472. The molecule has 0 saturated heterocycles. The van der Waals surface area contributed by atoms with Crippen molar-refractivity contribution in [3.63, 3.8) is 0 Å². The number of phenolic OH excluding ortho intramolecular Hbond substituents is 3. The highest BCUT2D eigenvalue weighted by Gasteiger charge is 2.11. The van der Waals surface area contributed by atoms with Crippen molar-refractivity contribution in [2.75, 3.05) is 0 Å². The van der Waals surface area contributed by atoms with Crippen molar-refractivity contribution in [3.05, 3.63) is 41.5 Å². The smallest absolute Gasteiger partial charge is 0.161 e. The van der Waals surface area contributed by atoms with Crippen molar-refractivity contribution in [1.82, 2.24) is 0 Å². The molecule has 3 nitrogen and oxygen atoms in total. The highest BCUT2D eigenvalue weighted by Crippen LogP contribution is 2.39. The van der Waals surface area contributed by atoms with E-state index in [1.807, 2.05) is 32.0 Å². The van der Waals surface area contributed by atoms with Crippen molar-refractivity contribution >= 4 is 0 Å². The van der Waals surface area contributed by atoms with Crippen LogP contribution in [0.15, 0.2) is 30.3 Å². The van der Waals surface area contributed by atoms with E-state index in [1.54, 1.807) is 0 Å². The summed E-state index contributed by atoms with van der Waals surface area (Å²) >= 11 is 0. The predicted octanol–water partition coefficient (Wildman–Crippen LogP) is 3.09. The normalized spacial score (nSPS) is 10.5. The van der Waals surface area contributed by atoms with Gasteiger partial charge in [0.05, 0.1) is 0 Å². The van der Waals surface area contributed by atoms with Gasteiger partial charge in [0.1, 0.15) is 5.75 Å². The van der Waals surface area contributed by atoms with Gasteiger partial charge in [0.15, 0.2) is 11.5 Å². The minimum atomic E-state index is -0.323. The first-order valence-corrected chi connectivity index (χ1v) is 5.31. The molecule has 0 aliphatic heterocycles. The second-order valence-electron chi connectivity index (χ2n) is 4.18. The Hall–Kier alpha value is -2.16. The molecule has 2 aromatic rings. The Balaban J connectivity index is 2.68. The molecule has 0 amide bonds. The van der Waals surface area contributed by atoms with Gasteiger partial charge in [0.25, 0.3) is 0 Å². The van der Waals surface area contributed by atoms with E-state index in [0.29, 0.717) is 5.56 Å². The molecule has 3 heteroatoms. The van der Waals surface area contributed by atoms with E-state index in [2.05, 4.69) is 0 Å². The first kappa shape index (κ1) is 11.3. The lowest BCUT2D eigenvalue weighted by Gasteiger charge is -2.10.